The molecule has 2 unspecified atom stereocenters. The molecule has 1 nitrogen and oxygen atoms in total. The SMILES string of the molecule is CC1(C)C(Br)CC1Oc1cc(F)ccc1Br. The standard InChI is InChI=1S/C12H13Br2FO/c1-12(2)10(14)6-11(12)16-9-5-7(15)3-4-8(9)13/h3-5,10-11H,6H2,1-2H3. The number of rotatable bonds is 2. The lowest BCUT2D eigenvalue weighted by Gasteiger charge is -2.48. The van der Waals surface area contributed by atoms with Crippen LogP contribution in [0.4, 0.5) is 4.39 Å². The van der Waals surface area contributed by atoms with Crippen molar-refractivity contribution in [3.05, 3.63) is 28.5 Å². The van der Waals surface area contributed by atoms with E-state index in [1.807, 2.05) is 0 Å². The summed E-state index contributed by atoms with van der Waals surface area (Å²) in [6.07, 6.45) is 1.09. The van der Waals surface area contributed by atoms with Crippen molar-refractivity contribution in [1.82, 2.24) is 0 Å². The molecule has 1 saturated carbocycles. The van der Waals surface area contributed by atoms with E-state index in [2.05, 4.69) is 45.7 Å². The molecule has 0 radical (unpaired) electrons. The van der Waals surface area contributed by atoms with E-state index in [0.717, 1.165) is 10.9 Å². The highest BCUT2D eigenvalue weighted by Gasteiger charge is 2.48. The first-order valence-electron chi connectivity index (χ1n) is 5.17. The normalized spacial score (nSPS) is 27.3. The Morgan fingerprint density at radius 1 is 1.44 bits per heavy atom. The first-order valence-corrected chi connectivity index (χ1v) is 6.88. The van der Waals surface area contributed by atoms with E-state index < -0.39 is 0 Å². The predicted molar refractivity (Wildman–Crippen MR) is 69.6 cm³/mol. The van der Waals surface area contributed by atoms with E-state index >= 15 is 0 Å². The molecular weight excluding hydrogens is 339 g/mol. The number of hydrogen-bond acceptors (Lipinski definition) is 1. The Hall–Kier alpha value is -0.0900. The van der Waals surface area contributed by atoms with Gasteiger partial charge in [-0.15, -0.1) is 0 Å². The maximum Gasteiger partial charge on any atom is 0.136 e. The summed E-state index contributed by atoms with van der Waals surface area (Å²) in [5.74, 6) is 0.309. The van der Waals surface area contributed by atoms with Gasteiger partial charge in [-0.3, -0.25) is 0 Å². The van der Waals surface area contributed by atoms with E-state index in [9.17, 15) is 4.39 Å². The van der Waals surface area contributed by atoms with Gasteiger partial charge in [0.2, 0.25) is 0 Å². The van der Waals surface area contributed by atoms with Crippen LogP contribution in [0.2, 0.25) is 0 Å². The van der Waals surface area contributed by atoms with Crippen molar-refractivity contribution in [2.45, 2.75) is 31.2 Å². The number of ether oxygens (including phenoxy) is 1. The lowest BCUT2D eigenvalue weighted by Crippen LogP contribution is -2.53. The van der Waals surface area contributed by atoms with Gasteiger partial charge in [0.15, 0.2) is 0 Å². The molecule has 4 heteroatoms. The van der Waals surface area contributed by atoms with Crippen LogP contribution < -0.4 is 4.74 Å². The van der Waals surface area contributed by atoms with Gasteiger partial charge in [0.05, 0.1) is 4.47 Å². The second-order valence-electron chi connectivity index (χ2n) is 4.71. The molecule has 0 heterocycles. The van der Waals surface area contributed by atoms with Crippen molar-refractivity contribution in [2.24, 2.45) is 5.41 Å². The maximum atomic E-state index is 13.1. The zero-order valence-electron chi connectivity index (χ0n) is 9.14. The number of halogens is 3. The van der Waals surface area contributed by atoms with Crippen LogP contribution in [0.3, 0.4) is 0 Å². The molecule has 0 spiro atoms. The van der Waals surface area contributed by atoms with Crippen molar-refractivity contribution in [3.63, 3.8) is 0 Å². The molecule has 1 aliphatic rings. The first-order chi connectivity index (χ1) is 7.41. The van der Waals surface area contributed by atoms with Crippen LogP contribution in [0.1, 0.15) is 20.3 Å². The third-order valence-electron chi connectivity index (χ3n) is 3.22. The van der Waals surface area contributed by atoms with Gasteiger partial charge in [0, 0.05) is 16.3 Å². The summed E-state index contributed by atoms with van der Waals surface area (Å²) in [6.45, 7) is 4.29. The lowest BCUT2D eigenvalue weighted by atomic mass is 9.69. The molecule has 0 aromatic heterocycles. The van der Waals surface area contributed by atoms with Gasteiger partial charge >= 0.3 is 0 Å². The minimum absolute atomic E-state index is 0.0890. The zero-order chi connectivity index (χ0) is 11.9. The minimum Gasteiger partial charge on any atom is -0.488 e. The lowest BCUT2D eigenvalue weighted by molar-refractivity contribution is -0.00847. The smallest absolute Gasteiger partial charge is 0.136 e. The number of hydrogen-bond donors (Lipinski definition) is 0. The highest BCUT2D eigenvalue weighted by molar-refractivity contribution is 9.10. The summed E-state index contributed by atoms with van der Waals surface area (Å²) in [5, 5.41) is 0. The van der Waals surface area contributed by atoms with Gasteiger partial charge in [0.25, 0.3) is 0 Å². The third-order valence-corrected chi connectivity index (χ3v) is 5.43. The Balaban J connectivity index is 2.13. The second-order valence-corrected chi connectivity index (χ2v) is 6.67. The van der Waals surface area contributed by atoms with Crippen molar-refractivity contribution >= 4 is 31.9 Å². The Bertz CT molecular complexity index is 406. The van der Waals surface area contributed by atoms with Crippen LogP contribution >= 0.6 is 31.9 Å². The molecule has 1 aromatic carbocycles. The van der Waals surface area contributed by atoms with E-state index in [4.69, 9.17) is 4.74 Å². The summed E-state index contributed by atoms with van der Waals surface area (Å²) in [5.41, 5.74) is 0.0890. The molecule has 0 amide bonds. The molecule has 2 atom stereocenters. The third kappa shape index (κ3) is 2.14. The number of alkyl halides is 1. The van der Waals surface area contributed by atoms with E-state index in [1.54, 1.807) is 6.07 Å². The monoisotopic (exact) mass is 350 g/mol. The maximum absolute atomic E-state index is 13.1. The fourth-order valence-corrected chi connectivity index (χ4v) is 2.73. The first kappa shape index (κ1) is 12.4. The van der Waals surface area contributed by atoms with Gasteiger partial charge < -0.3 is 4.74 Å². The molecule has 0 N–H and O–H groups in total. The van der Waals surface area contributed by atoms with Crippen molar-refractivity contribution in [3.8, 4) is 5.75 Å². The summed E-state index contributed by atoms with van der Waals surface area (Å²) < 4.78 is 19.7. The largest absolute Gasteiger partial charge is 0.488 e. The highest BCUT2D eigenvalue weighted by Crippen LogP contribution is 2.48. The van der Waals surface area contributed by atoms with Gasteiger partial charge in [-0.05, 0) is 34.5 Å². The van der Waals surface area contributed by atoms with Gasteiger partial charge in [0.1, 0.15) is 17.7 Å². The molecule has 2 rings (SSSR count). The summed E-state index contributed by atoms with van der Waals surface area (Å²) in [4.78, 5) is 0.470. The Labute approximate surface area is 112 Å². The molecule has 16 heavy (non-hydrogen) atoms. The molecular formula is C12H13Br2FO. The van der Waals surface area contributed by atoms with Crippen LogP contribution in [-0.2, 0) is 0 Å². The summed E-state index contributed by atoms with van der Waals surface area (Å²) >= 11 is 6.96. The zero-order valence-corrected chi connectivity index (χ0v) is 12.3. The van der Waals surface area contributed by atoms with Crippen molar-refractivity contribution in [1.29, 1.82) is 0 Å². The second kappa shape index (κ2) is 4.30. The molecule has 0 saturated heterocycles. The minimum atomic E-state index is -0.272. The van der Waals surface area contributed by atoms with E-state index in [1.165, 1.54) is 12.1 Å². The van der Waals surface area contributed by atoms with Crippen molar-refractivity contribution < 1.29 is 9.13 Å². The summed E-state index contributed by atoms with van der Waals surface area (Å²) in [7, 11) is 0. The van der Waals surface area contributed by atoms with Crippen LogP contribution in [0.15, 0.2) is 22.7 Å². The fraction of sp³-hybridized carbons (Fsp3) is 0.500. The molecule has 0 bridgehead atoms. The van der Waals surface area contributed by atoms with Crippen LogP contribution in [0, 0.1) is 11.2 Å². The molecule has 88 valence electrons. The van der Waals surface area contributed by atoms with E-state index in [-0.39, 0.29) is 17.3 Å². The fourth-order valence-electron chi connectivity index (χ4n) is 1.76. The van der Waals surface area contributed by atoms with E-state index in [0.29, 0.717) is 10.6 Å². The quantitative estimate of drug-likeness (QED) is 0.711. The molecule has 1 aliphatic carbocycles. The highest BCUT2D eigenvalue weighted by atomic mass is 79.9. The Morgan fingerprint density at radius 2 is 2.12 bits per heavy atom. The number of benzene rings is 1. The summed E-state index contributed by atoms with van der Waals surface area (Å²) in [6, 6.07) is 4.50. The van der Waals surface area contributed by atoms with Crippen LogP contribution in [0.25, 0.3) is 0 Å². The van der Waals surface area contributed by atoms with Gasteiger partial charge in [-0.25, -0.2) is 4.39 Å². The Morgan fingerprint density at radius 3 is 2.69 bits per heavy atom. The predicted octanol–water partition coefficient (Wildman–Crippen LogP) is 4.53. The average Bonchev–Trinajstić information content (AvgIpc) is 2.23. The molecule has 1 fully saturated rings. The van der Waals surface area contributed by atoms with Crippen LogP contribution in [0.5, 0.6) is 5.75 Å². The van der Waals surface area contributed by atoms with Crippen LogP contribution in [-0.4, -0.2) is 10.9 Å². The Kier molecular flexibility index (Phi) is 3.32. The average molecular weight is 352 g/mol. The van der Waals surface area contributed by atoms with Crippen molar-refractivity contribution in [2.75, 3.05) is 0 Å². The molecule has 0 aliphatic heterocycles. The topological polar surface area (TPSA) is 9.23 Å². The molecule has 1 aromatic rings. The van der Waals surface area contributed by atoms with Gasteiger partial charge in [-0.2, -0.15) is 0 Å². The van der Waals surface area contributed by atoms with Gasteiger partial charge in [-0.1, -0.05) is 29.8 Å².